The van der Waals surface area contributed by atoms with Crippen LogP contribution in [0, 0.1) is 0 Å². The number of ketones is 1. The molecule has 6 nitrogen and oxygen atoms in total. The van der Waals surface area contributed by atoms with Crippen LogP contribution in [0.25, 0.3) is 0 Å². The molecule has 0 spiro atoms. The monoisotopic (exact) mass is 419 g/mol. The Kier molecular flexibility index (Phi) is 5.80. The first-order valence-corrected chi connectivity index (χ1v) is 10.3. The summed E-state index contributed by atoms with van der Waals surface area (Å²) in [6.45, 7) is 1.92. The van der Waals surface area contributed by atoms with E-state index in [0.717, 1.165) is 11.1 Å². The van der Waals surface area contributed by atoms with Gasteiger partial charge in [-0.15, -0.1) is 0 Å². The highest BCUT2D eigenvalue weighted by Gasteiger charge is 2.43. The van der Waals surface area contributed by atoms with Gasteiger partial charge in [-0.3, -0.25) is 4.79 Å². The Bertz CT molecular complexity index is 1050. The lowest BCUT2D eigenvalue weighted by Crippen LogP contribution is -2.33. The number of benzene rings is 2. The van der Waals surface area contributed by atoms with Crippen molar-refractivity contribution in [1.29, 1.82) is 0 Å². The molecule has 160 valence electrons. The van der Waals surface area contributed by atoms with Crippen LogP contribution in [0.5, 0.6) is 5.75 Å². The van der Waals surface area contributed by atoms with Crippen LogP contribution in [-0.2, 0) is 19.1 Å². The van der Waals surface area contributed by atoms with E-state index in [-0.39, 0.29) is 29.8 Å². The normalized spacial score (nSPS) is 20.8. The van der Waals surface area contributed by atoms with Gasteiger partial charge < -0.3 is 19.9 Å². The number of nitrogens with two attached hydrogens (primary N) is 1. The number of esters is 1. The molecule has 0 unspecified atom stereocenters. The van der Waals surface area contributed by atoms with Gasteiger partial charge in [-0.1, -0.05) is 42.5 Å². The van der Waals surface area contributed by atoms with Gasteiger partial charge in [0.2, 0.25) is 5.88 Å². The molecule has 0 amide bonds. The van der Waals surface area contributed by atoms with Crippen molar-refractivity contribution < 1.29 is 23.8 Å². The smallest absolute Gasteiger partial charge is 0.340 e. The van der Waals surface area contributed by atoms with Crippen molar-refractivity contribution in [2.45, 2.75) is 31.6 Å². The molecule has 0 radical (unpaired) electrons. The molecule has 2 aromatic rings. The largest absolute Gasteiger partial charge is 0.497 e. The molecule has 1 aliphatic carbocycles. The van der Waals surface area contributed by atoms with Gasteiger partial charge in [-0.05, 0) is 36.1 Å². The van der Waals surface area contributed by atoms with Crippen molar-refractivity contribution in [3.63, 3.8) is 0 Å². The molecule has 2 N–H and O–H groups in total. The van der Waals surface area contributed by atoms with Crippen LogP contribution in [-0.4, -0.2) is 25.5 Å². The average Bonchev–Trinajstić information content (AvgIpc) is 2.78. The molecule has 2 atom stereocenters. The van der Waals surface area contributed by atoms with E-state index in [1.54, 1.807) is 26.2 Å². The summed E-state index contributed by atoms with van der Waals surface area (Å²) in [5.74, 6) is -0.0795. The van der Waals surface area contributed by atoms with Gasteiger partial charge in [-0.25, -0.2) is 4.79 Å². The van der Waals surface area contributed by atoms with Gasteiger partial charge in [0, 0.05) is 18.4 Å². The topological polar surface area (TPSA) is 87.9 Å². The van der Waals surface area contributed by atoms with Crippen LogP contribution < -0.4 is 10.5 Å². The fourth-order valence-electron chi connectivity index (χ4n) is 4.31. The zero-order valence-corrected chi connectivity index (χ0v) is 17.6. The van der Waals surface area contributed by atoms with E-state index >= 15 is 0 Å². The second kappa shape index (κ2) is 8.68. The van der Waals surface area contributed by atoms with E-state index in [1.165, 1.54) is 0 Å². The molecule has 1 aliphatic heterocycles. The summed E-state index contributed by atoms with van der Waals surface area (Å²) in [7, 11) is 1.58. The summed E-state index contributed by atoms with van der Waals surface area (Å²) in [6, 6.07) is 17.1. The van der Waals surface area contributed by atoms with Gasteiger partial charge in [0.1, 0.15) is 17.1 Å². The van der Waals surface area contributed by atoms with Gasteiger partial charge >= 0.3 is 5.97 Å². The van der Waals surface area contributed by atoms with E-state index in [4.69, 9.17) is 19.9 Å². The minimum atomic E-state index is -0.641. The van der Waals surface area contributed by atoms with E-state index in [0.29, 0.717) is 29.9 Å². The molecule has 0 saturated heterocycles. The Labute approximate surface area is 181 Å². The maximum absolute atomic E-state index is 13.4. The number of methoxy groups -OCH3 is 1. The number of carbonyl (C=O) groups excluding carboxylic acids is 2. The van der Waals surface area contributed by atoms with Crippen molar-refractivity contribution in [1.82, 2.24) is 0 Å². The standard InChI is InChI=1S/C25H25NO5/c1-3-30-25(28)23-21(16-9-11-18(29-2)12-10-16)22-19(27)13-17(14-20(22)31-24(23)26)15-7-5-4-6-8-15/h4-12,17,21H,3,13-14,26H2,1-2H3/t17-,21+/m1/s1. The molecule has 2 aromatic carbocycles. The maximum Gasteiger partial charge on any atom is 0.340 e. The average molecular weight is 419 g/mol. The lowest BCUT2D eigenvalue weighted by Gasteiger charge is -2.35. The Morgan fingerprint density at radius 2 is 1.77 bits per heavy atom. The highest BCUT2D eigenvalue weighted by Crippen LogP contribution is 2.47. The summed E-state index contributed by atoms with van der Waals surface area (Å²) in [5, 5.41) is 0. The first-order valence-electron chi connectivity index (χ1n) is 10.3. The van der Waals surface area contributed by atoms with Crippen molar-refractivity contribution in [2.24, 2.45) is 5.73 Å². The van der Waals surface area contributed by atoms with E-state index in [9.17, 15) is 9.59 Å². The number of hydrogen-bond donors (Lipinski definition) is 1. The van der Waals surface area contributed by atoms with Gasteiger partial charge in [0.25, 0.3) is 0 Å². The van der Waals surface area contributed by atoms with Gasteiger partial charge in [-0.2, -0.15) is 0 Å². The van der Waals surface area contributed by atoms with Crippen LogP contribution in [0.1, 0.15) is 42.7 Å². The number of allylic oxidation sites excluding steroid dienone is 2. The highest BCUT2D eigenvalue weighted by molar-refractivity contribution is 6.03. The predicted molar refractivity (Wildman–Crippen MR) is 115 cm³/mol. The fourth-order valence-corrected chi connectivity index (χ4v) is 4.31. The Balaban J connectivity index is 1.79. The SMILES string of the molecule is CCOC(=O)C1=C(N)OC2=C(C(=O)C[C@@H](c3ccccc3)C2)[C@@H]1c1ccc(OC)cc1. The third-order valence-corrected chi connectivity index (χ3v) is 5.76. The summed E-state index contributed by atoms with van der Waals surface area (Å²) >= 11 is 0. The van der Waals surface area contributed by atoms with E-state index in [2.05, 4.69) is 0 Å². The number of rotatable bonds is 5. The van der Waals surface area contributed by atoms with E-state index in [1.807, 2.05) is 42.5 Å². The maximum atomic E-state index is 13.4. The fraction of sp³-hybridized carbons (Fsp3) is 0.280. The summed E-state index contributed by atoms with van der Waals surface area (Å²) in [4.78, 5) is 26.2. The highest BCUT2D eigenvalue weighted by atomic mass is 16.5. The minimum absolute atomic E-state index is 0.000843. The second-order valence-electron chi connectivity index (χ2n) is 7.58. The molecule has 0 aromatic heterocycles. The quantitative estimate of drug-likeness (QED) is 0.739. The zero-order chi connectivity index (χ0) is 22.0. The molecule has 2 aliphatic rings. The third-order valence-electron chi connectivity index (χ3n) is 5.76. The number of ether oxygens (including phenoxy) is 3. The molecule has 6 heteroatoms. The molecule has 0 bridgehead atoms. The van der Waals surface area contributed by atoms with Gasteiger partial charge in [0.15, 0.2) is 5.78 Å². The molecule has 31 heavy (non-hydrogen) atoms. The lowest BCUT2D eigenvalue weighted by molar-refractivity contribution is -0.139. The van der Waals surface area contributed by atoms with Crippen LogP contribution in [0.2, 0.25) is 0 Å². The molecule has 0 saturated carbocycles. The summed E-state index contributed by atoms with van der Waals surface area (Å²) in [6.07, 6.45) is 0.878. The zero-order valence-electron chi connectivity index (χ0n) is 17.6. The van der Waals surface area contributed by atoms with Gasteiger partial charge in [0.05, 0.1) is 19.6 Å². The summed E-state index contributed by atoms with van der Waals surface area (Å²) in [5.41, 5.74) is 8.70. The predicted octanol–water partition coefficient (Wildman–Crippen LogP) is 3.94. The van der Waals surface area contributed by atoms with Crippen molar-refractivity contribution in [2.75, 3.05) is 13.7 Å². The number of Topliss-reactive ketones (excluding diaryl/α,β-unsaturated/α-hetero) is 1. The van der Waals surface area contributed by atoms with Crippen molar-refractivity contribution in [3.05, 3.63) is 88.5 Å². The minimum Gasteiger partial charge on any atom is -0.497 e. The Hall–Kier alpha value is -3.54. The number of carbonyl (C=O) groups is 2. The van der Waals surface area contributed by atoms with Crippen LogP contribution in [0.15, 0.2) is 77.4 Å². The van der Waals surface area contributed by atoms with Crippen LogP contribution in [0.4, 0.5) is 0 Å². The molecule has 0 fully saturated rings. The van der Waals surface area contributed by atoms with Crippen molar-refractivity contribution >= 4 is 11.8 Å². The van der Waals surface area contributed by atoms with Crippen LogP contribution in [0.3, 0.4) is 0 Å². The van der Waals surface area contributed by atoms with Crippen molar-refractivity contribution in [3.8, 4) is 5.75 Å². The van der Waals surface area contributed by atoms with Crippen LogP contribution >= 0.6 is 0 Å². The summed E-state index contributed by atoms with van der Waals surface area (Å²) < 4.78 is 16.4. The lowest BCUT2D eigenvalue weighted by atomic mass is 9.73. The Morgan fingerprint density at radius 3 is 2.42 bits per heavy atom. The Morgan fingerprint density at radius 1 is 1.06 bits per heavy atom. The molecular formula is C25H25NO5. The first-order chi connectivity index (χ1) is 15.0. The third kappa shape index (κ3) is 3.93. The second-order valence-corrected chi connectivity index (χ2v) is 7.58. The molecule has 1 heterocycles. The number of hydrogen-bond acceptors (Lipinski definition) is 6. The van der Waals surface area contributed by atoms with E-state index < -0.39 is 11.9 Å². The molecular weight excluding hydrogens is 394 g/mol. The molecule has 4 rings (SSSR count). The first kappa shape index (κ1) is 20.7.